The van der Waals surface area contributed by atoms with Gasteiger partial charge < -0.3 is 9.84 Å². The molecule has 0 saturated carbocycles. The third kappa shape index (κ3) is 4.75. The molecule has 0 radical (unpaired) electrons. The number of rotatable bonds is 6. The highest BCUT2D eigenvalue weighted by molar-refractivity contribution is 7.99. The predicted molar refractivity (Wildman–Crippen MR) is 73.5 cm³/mol. The summed E-state index contributed by atoms with van der Waals surface area (Å²) in [4.78, 5) is 15.6. The third-order valence-electron chi connectivity index (χ3n) is 2.35. The van der Waals surface area contributed by atoms with Crippen molar-refractivity contribution in [1.29, 1.82) is 0 Å². The summed E-state index contributed by atoms with van der Waals surface area (Å²) in [5.74, 6) is 2.22. The van der Waals surface area contributed by atoms with E-state index in [1.165, 1.54) is 5.56 Å². The van der Waals surface area contributed by atoms with Gasteiger partial charge in [-0.2, -0.15) is 4.98 Å². The molecule has 1 amide bonds. The number of carbonyl (C=O) groups is 1. The van der Waals surface area contributed by atoms with E-state index in [0.717, 1.165) is 5.75 Å². The number of aromatic nitrogens is 2. The Morgan fingerprint density at radius 3 is 2.84 bits per heavy atom. The van der Waals surface area contributed by atoms with Gasteiger partial charge in [-0.3, -0.25) is 4.79 Å². The van der Waals surface area contributed by atoms with E-state index in [4.69, 9.17) is 4.52 Å². The minimum atomic E-state index is -0.0308. The van der Waals surface area contributed by atoms with Gasteiger partial charge in [0.25, 0.3) is 0 Å². The van der Waals surface area contributed by atoms with Gasteiger partial charge in [0.2, 0.25) is 11.8 Å². The molecule has 5 nitrogen and oxygen atoms in total. The fraction of sp³-hybridized carbons (Fsp3) is 0.308. The van der Waals surface area contributed by atoms with Gasteiger partial charge in [-0.1, -0.05) is 35.5 Å². The molecule has 0 aliphatic rings. The third-order valence-corrected chi connectivity index (χ3v) is 3.35. The van der Waals surface area contributed by atoms with E-state index in [-0.39, 0.29) is 12.5 Å². The van der Waals surface area contributed by atoms with Crippen LogP contribution in [-0.2, 0) is 17.1 Å². The predicted octanol–water partition coefficient (Wildman–Crippen LogP) is 1.93. The van der Waals surface area contributed by atoms with E-state index in [0.29, 0.717) is 17.5 Å². The standard InChI is InChI=1S/C13H15N3O2S/c1-10-15-13(18-16-10)7-14-12(17)9-19-8-11-5-3-2-4-6-11/h2-6H,7-9H2,1H3,(H,14,17). The Kier molecular flexibility index (Phi) is 4.97. The molecule has 1 aromatic heterocycles. The molecular weight excluding hydrogens is 262 g/mol. The number of amides is 1. The molecule has 1 N–H and O–H groups in total. The number of aryl methyl sites for hydroxylation is 1. The lowest BCUT2D eigenvalue weighted by molar-refractivity contribution is -0.118. The van der Waals surface area contributed by atoms with Crippen LogP contribution in [-0.4, -0.2) is 21.8 Å². The first kappa shape index (κ1) is 13.6. The first-order valence-electron chi connectivity index (χ1n) is 5.91. The Balaban J connectivity index is 1.65. The Labute approximate surface area is 115 Å². The zero-order chi connectivity index (χ0) is 13.5. The Hall–Kier alpha value is -1.82. The van der Waals surface area contributed by atoms with E-state index < -0.39 is 0 Å². The second-order valence-corrected chi connectivity index (χ2v) is 4.98. The maximum Gasteiger partial charge on any atom is 0.246 e. The quantitative estimate of drug-likeness (QED) is 0.873. The lowest BCUT2D eigenvalue weighted by Gasteiger charge is -2.02. The number of nitrogens with one attached hydrogen (secondary N) is 1. The van der Waals surface area contributed by atoms with E-state index in [2.05, 4.69) is 15.5 Å². The molecule has 0 bridgehead atoms. The van der Waals surface area contributed by atoms with Crippen LogP contribution in [0.15, 0.2) is 34.9 Å². The summed E-state index contributed by atoms with van der Waals surface area (Å²) in [5, 5.41) is 6.40. The molecule has 1 aromatic carbocycles. The minimum absolute atomic E-state index is 0.0308. The average Bonchev–Trinajstić information content (AvgIpc) is 2.83. The summed E-state index contributed by atoms with van der Waals surface area (Å²) >= 11 is 1.58. The Bertz CT molecular complexity index is 528. The van der Waals surface area contributed by atoms with Crippen LogP contribution in [0.2, 0.25) is 0 Å². The SMILES string of the molecule is Cc1noc(CNC(=O)CSCc2ccccc2)n1. The molecule has 0 spiro atoms. The van der Waals surface area contributed by atoms with Crippen LogP contribution in [0.5, 0.6) is 0 Å². The monoisotopic (exact) mass is 277 g/mol. The number of benzene rings is 1. The van der Waals surface area contributed by atoms with Crippen LogP contribution in [0.4, 0.5) is 0 Å². The van der Waals surface area contributed by atoms with Crippen LogP contribution in [0.25, 0.3) is 0 Å². The maximum absolute atomic E-state index is 11.6. The molecular formula is C13H15N3O2S. The van der Waals surface area contributed by atoms with Crippen molar-refractivity contribution in [3.05, 3.63) is 47.6 Å². The highest BCUT2D eigenvalue weighted by atomic mass is 32.2. The van der Waals surface area contributed by atoms with Crippen molar-refractivity contribution in [2.75, 3.05) is 5.75 Å². The lowest BCUT2D eigenvalue weighted by Crippen LogP contribution is -2.24. The fourth-order valence-electron chi connectivity index (χ4n) is 1.47. The molecule has 2 rings (SSSR count). The van der Waals surface area contributed by atoms with E-state index in [1.54, 1.807) is 18.7 Å². The van der Waals surface area contributed by atoms with Gasteiger partial charge in [-0.05, 0) is 12.5 Å². The first-order valence-corrected chi connectivity index (χ1v) is 7.07. The van der Waals surface area contributed by atoms with Crippen molar-refractivity contribution in [3.63, 3.8) is 0 Å². The summed E-state index contributed by atoms with van der Waals surface area (Å²) in [6.45, 7) is 2.02. The Morgan fingerprint density at radius 1 is 1.37 bits per heavy atom. The van der Waals surface area contributed by atoms with Crippen molar-refractivity contribution in [2.45, 2.75) is 19.2 Å². The van der Waals surface area contributed by atoms with Crippen molar-refractivity contribution in [1.82, 2.24) is 15.5 Å². The van der Waals surface area contributed by atoms with Crippen LogP contribution >= 0.6 is 11.8 Å². The largest absolute Gasteiger partial charge is 0.346 e. The summed E-state index contributed by atoms with van der Waals surface area (Å²) in [6.07, 6.45) is 0. The second kappa shape index (κ2) is 6.94. The maximum atomic E-state index is 11.6. The summed E-state index contributed by atoms with van der Waals surface area (Å²) in [6, 6.07) is 10.1. The molecule has 2 aromatic rings. The normalized spacial score (nSPS) is 10.4. The minimum Gasteiger partial charge on any atom is -0.346 e. The summed E-state index contributed by atoms with van der Waals surface area (Å²) in [5.41, 5.74) is 1.22. The summed E-state index contributed by atoms with van der Waals surface area (Å²) < 4.78 is 4.91. The molecule has 100 valence electrons. The van der Waals surface area contributed by atoms with Crippen molar-refractivity contribution in [2.24, 2.45) is 0 Å². The molecule has 0 atom stereocenters. The van der Waals surface area contributed by atoms with E-state index in [9.17, 15) is 4.79 Å². The lowest BCUT2D eigenvalue weighted by atomic mass is 10.2. The van der Waals surface area contributed by atoms with Crippen molar-refractivity contribution < 1.29 is 9.32 Å². The molecule has 19 heavy (non-hydrogen) atoms. The van der Waals surface area contributed by atoms with Crippen LogP contribution in [0.3, 0.4) is 0 Å². The highest BCUT2D eigenvalue weighted by Crippen LogP contribution is 2.11. The number of carbonyl (C=O) groups excluding carboxylic acids is 1. The van der Waals surface area contributed by atoms with Gasteiger partial charge in [-0.15, -0.1) is 11.8 Å². The summed E-state index contributed by atoms with van der Waals surface area (Å²) in [7, 11) is 0. The molecule has 0 aliphatic carbocycles. The molecule has 0 saturated heterocycles. The van der Waals surface area contributed by atoms with E-state index in [1.807, 2.05) is 30.3 Å². The van der Waals surface area contributed by atoms with Gasteiger partial charge in [0, 0.05) is 5.75 Å². The number of nitrogens with zero attached hydrogens (tertiary/aromatic N) is 2. The second-order valence-electron chi connectivity index (χ2n) is 3.99. The molecule has 0 unspecified atom stereocenters. The van der Waals surface area contributed by atoms with Gasteiger partial charge >= 0.3 is 0 Å². The van der Waals surface area contributed by atoms with Gasteiger partial charge in [0.1, 0.15) is 0 Å². The zero-order valence-electron chi connectivity index (χ0n) is 10.6. The topological polar surface area (TPSA) is 68.0 Å². The number of thioether (sulfide) groups is 1. The number of hydrogen-bond acceptors (Lipinski definition) is 5. The molecule has 6 heteroatoms. The molecule has 1 heterocycles. The van der Waals surface area contributed by atoms with E-state index >= 15 is 0 Å². The highest BCUT2D eigenvalue weighted by Gasteiger charge is 2.06. The zero-order valence-corrected chi connectivity index (χ0v) is 11.4. The van der Waals surface area contributed by atoms with Crippen LogP contribution in [0, 0.1) is 6.92 Å². The van der Waals surface area contributed by atoms with Crippen LogP contribution < -0.4 is 5.32 Å². The first-order chi connectivity index (χ1) is 9.24. The molecule has 0 fully saturated rings. The van der Waals surface area contributed by atoms with Gasteiger partial charge in [-0.25, -0.2) is 0 Å². The smallest absolute Gasteiger partial charge is 0.246 e. The van der Waals surface area contributed by atoms with Crippen molar-refractivity contribution >= 4 is 17.7 Å². The fourth-order valence-corrected chi connectivity index (χ4v) is 2.29. The average molecular weight is 277 g/mol. The van der Waals surface area contributed by atoms with Gasteiger partial charge in [0.15, 0.2) is 5.82 Å². The Morgan fingerprint density at radius 2 is 2.16 bits per heavy atom. The number of hydrogen-bond donors (Lipinski definition) is 1. The van der Waals surface area contributed by atoms with Crippen LogP contribution in [0.1, 0.15) is 17.3 Å². The molecule has 0 aliphatic heterocycles. The van der Waals surface area contributed by atoms with Gasteiger partial charge in [0.05, 0.1) is 12.3 Å². The van der Waals surface area contributed by atoms with Crippen molar-refractivity contribution in [3.8, 4) is 0 Å².